The first-order valence-electron chi connectivity index (χ1n) is 8.48. The van der Waals surface area contributed by atoms with Gasteiger partial charge in [-0.1, -0.05) is 6.07 Å². The fraction of sp³-hybridized carbons (Fsp3) is 0.389. The highest BCUT2D eigenvalue weighted by Gasteiger charge is 2.33. The normalized spacial score (nSPS) is 16.0. The van der Waals surface area contributed by atoms with Crippen molar-refractivity contribution in [1.82, 2.24) is 24.5 Å². The van der Waals surface area contributed by atoms with Crippen LogP contribution < -0.4 is 0 Å². The van der Waals surface area contributed by atoms with Gasteiger partial charge >= 0.3 is 6.18 Å². The molecular weight excluding hydrogens is 343 g/mol. The molecule has 0 amide bonds. The number of benzene rings is 1. The molecule has 0 aliphatic heterocycles. The van der Waals surface area contributed by atoms with Gasteiger partial charge in [-0.15, -0.1) is 0 Å². The SMILES string of the molecule is Cc1cnn(C(C)c2nc(C3CC3)nn2-c2cccc(C(F)(F)F)c2)c1. The Bertz CT molecular complexity index is 936. The minimum Gasteiger partial charge on any atom is -0.262 e. The van der Waals surface area contributed by atoms with Crippen LogP contribution in [0.3, 0.4) is 0 Å². The molecule has 0 spiro atoms. The predicted octanol–water partition coefficient (Wildman–Crippen LogP) is 4.28. The highest BCUT2D eigenvalue weighted by Crippen LogP contribution is 2.39. The van der Waals surface area contributed by atoms with Gasteiger partial charge in [-0.05, 0) is 50.5 Å². The van der Waals surface area contributed by atoms with Gasteiger partial charge in [0, 0.05) is 12.1 Å². The molecule has 8 heteroatoms. The number of halogens is 3. The van der Waals surface area contributed by atoms with Gasteiger partial charge in [0.1, 0.15) is 6.04 Å². The molecular formula is C18H18F3N5. The molecule has 1 atom stereocenters. The van der Waals surface area contributed by atoms with Gasteiger partial charge in [0.2, 0.25) is 0 Å². The summed E-state index contributed by atoms with van der Waals surface area (Å²) in [6.45, 7) is 3.85. The minimum atomic E-state index is -4.40. The highest BCUT2D eigenvalue weighted by atomic mass is 19.4. The van der Waals surface area contributed by atoms with Crippen molar-refractivity contribution in [3.63, 3.8) is 0 Å². The van der Waals surface area contributed by atoms with Crippen molar-refractivity contribution in [1.29, 1.82) is 0 Å². The lowest BCUT2D eigenvalue weighted by Crippen LogP contribution is -2.15. The summed E-state index contributed by atoms with van der Waals surface area (Å²) in [5.41, 5.74) is 0.654. The lowest BCUT2D eigenvalue weighted by molar-refractivity contribution is -0.137. The van der Waals surface area contributed by atoms with Gasteiger partial charge < -0.3 is 0 Å². The number of aryl methyl sites for hydroxylation is 1. The molecule has 1 aromatic carbocycles. The largest absolute Gasteiger partial charge is 0.416 e. The smallest absolute Gasteiger partial charge is 0.262 e. The quantitative estimate of drug-likeness (QED) is 0.697. The molecule has 0 radical (unpaired) electrons. The second-order valence-electron chi connectivity index (χ2n) is 6.74. The molecule has 1 aliphatic carbocycles. The van der Waals surface area contributed by atoms with E-state index in [-0.39, 0.29) is 6.04 Å². The first-order valence-corrected chi connectivity index (χ1v) is 8.48. The Morgan fingerprint density at radius 2 is 2.00 bits per heavy atom. The number of rotatable bonds is 4. The zero-order chi connectivity index (χ0) is 18.5. The topological polar surface area (TPSA) is 48.5 Å². The number of nitrogens with zero attached hydrogens (tertiary/aromatic N) is 5. The van der Waals surface area contributed by atoms with Crippen LogP contribution in [-0.4, -0.2) is 24.5 Å². The molecule has 1 unspecified atom stereocenters. The zero-order valence-corrected chi connectivity index (χ0v) is 14.4. The second kappa shape index (κ2) is 5.96. The Hall–Kier alpha value is -2.64. The molecule has 3 aromatic rings. The Kier molecular flexibility index (Phi) is 3.86. The predicted molar refractivity (Wildman–Crippen MR) is 89.1 cm³/mol. The fourth-order valence-corrected chi connectivity index (χ4v) is 2.89. The first kappa shape index (κ1) is 16.8. The lowest BCUT2D eigenvalue weighted by Gasteiger charge is -2.14. The minimum absolute atomic E-state index is 0.252. The van der Waals surface area contributed by atoms with Crippen molar-refractivity contribution < 1.29 is 13.2 Å². The van der Waals surface area contributed by atoms with Crippen molar-refractivity contribution in [2.45, 2.75) is 44.8 Å². The molecule has 1 fully saturated rings. The third kappa shape index (κ3) is 3.11. The van der Waals surface area contributed by atoms with Gasteiger partial charge in [0.05, 0.1) is 17.4 Å². The van der Waals surface area contributed by atoms with Gasteiger partial charge in [0.25, 0.3) is 0 Å². The maximum atomic E-state index is 13.1. The fourth-order valence-electron chi connectivity index (χ4n) is 2.89. The molecule has 0 bridgehead atoms. The maximum absolute atomic E-state index is 13.1. The third-order valence-corrected chi connectivity index (χ3v) is 4.51. The first-order chi connectivity index (χ1) is 12.3. The summed E-state index contributed by atoms with van der Waals surface area (Å²) in [5.74, 6) is 1.56. The van der Waals surface area contributed by atoms with Crippen LogP contribution in [0.1, 0.15) is 54.5 Å². The van der Waals surface area contributed by atoms with Crippen LogP contribution in [0.25, 0.3) is 5.69 Å². The summed E-state index contributed by atoms with van der Waals surface area (Å²) < 4.78 is 42.6. The Morgan fingerprint density at radius 3 is 2.62 bits per heavy atom. The van der Waals surface area contributed by atoms with Crippen molar-refractivity contribution in [2.75, 3.05) is 0 Å². The van der Waals surface area contributed by atoms with E-state index in [2.05, 4.69) is 15.2 Å². The number of hydrogen-bond donors (Lipinski definition) is 0. The lowest BCUT2D eigenvalue weighted by atomic mass is 10.2. The molecule has 136 valence electrons. The molecule has 1 saturated carbocycles. The Morgan fingerprint density at radius 1 is 1.23 bits per heavy atom. The molecule has 4 rings (SSSR count). The van der Waals surface area contributed by atoms with Gasteiger partial charge in [-0.3, -0.25) is 4.68 Å². The van der Waals surface area contributed by atoms with Crippen LogP contribution >= 0.6 is 0 Å². The second-order valence-corrected chi connectivity index (χ2v) is 6.74. The number of aromatic nitrogens is 5. The third-order valence-electron chi connectivity index (χ3n) is 4.51. The summed E-state index contributed by atoms with van der Waals surface area (Å²) in [7, 11) is 0. The van der Waals surface area contributed by atoms with E-state index in [1.54, 1.807) is 16.9 Å². The number of alkyl halides is 3. The summed E-state index contributed by atoms with van der Waals surface area (Å²) in [4.78, 5) is 4.64. The van der Waals surface area contributed by atoms with Crippen LogP contribution in [0.4, 0.5) is 13.2 Å². The van der Waals surface area contributed by atoms with E-state index in [4.69, 9.17) is 0 Å². The Labute approximate surface area is 148 Å². The van der Waals surface area contributed by atoms with E-state index in [1.165, 1.54) is 10.7 Å². The van der Waals surface area contributed by atoms with Crippen LogP contribution in [-0.2, 0) is 6.18 Å². The molecule has 2 heterocycles. The summed E-state index contributed by atoms with van der Waals surface area (Å²) in [6, 6.07) is 4.92. The van der Waals surface area contributed by atoms with Crippen LogP contribution in [0.2, 0.25) is 0 Å². The standard InChI is InChI=1S/C18H18F3N5/c1-11-9-22-25(10-11)12(2)17-23-16(13-6-7-13)24-26(17)15-5-3-4-14(8-15)18(19,20)21/h3-5,8-10,12-13H,6-7H2,1-2H3. The van der Waals surface area contributed by atoms with E-state index in [1.807, 2.05) is 20.0 Å². The van der Waals surface area contributed by atoms with E-state index in [0.29, 0.717) is 23.3 Å². The number of hydrogen-bond acceptors (Lipinski definition) is 3. The average Bonchev–Trinajstić information content (AvgIpc) is 3.21. The van der Waals surface area contributed by atoms with Crippen molar-refractivity contribution in [3.8, 4) is 5.69 Å². The summed E-state index contributed by atoms with van der Waals surface area (Å²) in [5, 5.41) is 8.83. The summed E-state index contributed by atoms with van der Waals surface area (Å²) >= 11 is 0. The molecule has 0 saturated heterocycles. The molecule has 0 N–H and O–H groups in total. The molecule has 26 heavy (non-hydrogen) atoms. The highest BCUT2D eigenvalue weighted by molar-refractivity contribution is 5.38. The van der Waals surface area contributed by atoms with Crippen molar-refractivity contribution >= 4 is 0 Å². The monoisotopic (exact) mass is 361 g/mol. The van der Waals surface area contributed by atoms with Crippen molar-refractivity contribution in [2.24, 2.45) is 0 Å². The maximum Gasteiger partial charge on any atom is 0.416 e. The molecule has 1 aliphatic rings. The Balaban J connectivity index is 1.80. The van der Waals surface area contributed by atoms with Gasteiger partial charge in [-0.2, -0.15) is 23.4 Å². The van der Waals surface area contributed by atoms with Crippen LogP contribution in [0.15, 0.2) is 36.7 Å². The molecule has 5 nitrogen and oxygen atoms in total. The van der Waals surface area contributed by atoms with Crippen LogP contribution in [0, 0.1) is 6.92 Å². The van der Waals surface area contributed by atoms with Gasteiger partial charge in [-0.25, -0.2) is 9.67 Å². The van der Waals surface area contributed by atoms with Crippen molar-refractivity contribution in [3.05, 3.63) is 59.4 Å². The molecule has 2 aromatic heterocycles. The van der Waals surface area contributed by atoms with E-state index in [9.17, 15) is 13.2 Å². The van der Waals surface area contributed by atoms with E-state index in [0.717, 1.165) is 30.5 Å². The van der Waals surface area contributed by atoms with Gasteiger partial charge in [0.15, 0.2) is 11.6 Å². The summed E-state index contributed by atoms with van der Waals surface area (Å²) in [6.07, 6.45) is 1.25. The average molecular weight is 361 g/mol. The zero-order valence-electron chi connectivity index (χ0n) is 14.4. The van der Waals surface area contributed by atoms with Crippen LogP contribution in [0.5, 0.6) is 0 Å². The van der Waals surface area contributed by atoms with E-state index >= 15 is 0 Å². The van der Waals surface area contributed by atoms with E-state index < -0.39 is 11.7 Å².